The van der Waals surface area contributed by atoms with Crippen LogP contribution in [0.25, 0.3) is 0 Å². The minimum Gasteiger partial charge on any atom is -1.00 e. The van der Waals surface area contributed by atoms with Crippen LogP contribution in [0.1, 0.15) is 11.9 Å². The van der Waals surface area contributed by atoms with Gasteiger partial charge in [0.1, 0.15) is 42.0 Å². The third-order valence-corrected chi connectivity index (χ3v) is 7.79. The van der Waals surface area contributed by atoms with Gasteiger partial charge in [0, 0.05) is 28.6 Å². The molecule has 2 unspecified atom stereocenters. The predicted molar refractivity (Wildman–Crippen MR) is 98.7 cm³/mol. The van der Waals surface area contributed by atoms with E-state index in [0.717, 1.165) is 0 Å². The molecule has 164 valence electrons. The molecule has 8 atom stereocenters. The molecule has 0 aromatic heterocycles. The second-order valence-electron chi connectivity index (χ2n) is 6.90. The van der Waals surface area contributed by atoms with Crippen molar-refractivity contribution in [1.82, 2.24) is 0 Å². The Labute approximate surface area is 176 Å². The van der Waals surface area contributed by atoms with Crippen molar-refractivity contribution < 1.29 is 52.3 Å². The van der Waals surface area contributed by atoms with Gasteiger partial charge in [-0.05, 0) is 0 Å². The van der Waals surface area contributed by atoms with Crippen molar-refractivity contribution in [3.8, 4) is 0 Å². The van der Waals surface area contributed by atoms with Crippen molar-refractivity contribution in [2.75, 3.05) is 24.7 Å². The Morgan fingerprint density at radius 1 is 1.28 bits per heavy atom. The predicted octanol–water partition coefficient (Wildman–Crippen LogP) is -4.55. The van der Waals surface area contributed by atoms with Crippen LogP contribution in [0.15, 0.2) is 24.3 Å². The summed E-state index contributed by atoms with van der Waals surface area (Å²) in [6.45, 7) is -0.445. The van der Waals surface area contributed by atoms with Gasteiger partial charge in [-0.1, -0.05) is 12.1 Å². The highest BCUT2D eigenvalue weighted by Gasteiger charge is 2.51. The molecule has 10 nitrogen and oxygen atoms in total. The Morgan fingerprint density at radius 2 is 2.00 bits per heavy atom. The molecule has 1 aromatic rings. The van der Waals surface area contributed by atoms with Crippen molar-refractivity contribution in [2.24, 2.45) is 0 Å². The Hall–Kier alpha value is -1.02. The van der Waals surface area contributed by atoms with Crippen molar-refractivity contribution >= 4 is 16.6 Å². The van der Waals surface area contributed by atoms with Gasteiger partial charge < -0.3 is 47.4 Å². The summed E-state index contributed by atoms with van der Waals surface area (Å²) in [5.41, 5.74) is 0.259. The fourth-order valence-corrected chi connectivity index (χ4v) is 6.15. The summed E-state index contributed by atoms with van der Waals surface area (Å²) in [6.07, 6.45) is -6.27. The van der Waals surface area contributed by atoms with Crippen molar-refractivity contribution in [3.63, 3.8) is 0 Å². The van der Waals surface area contributed by atoms with Crippen molar-refractivity contribution in [1.29, 1.82) is 0 Å². The molecule has 2 fully saturated rings. The lowest BCUT2D eigenvalue weighted by Gasteiger charge is -2.36. The van der Waals surface area contributed by atoms with Gasteiger partial charge in [0.05, 0.1) is 18.1 Å². The van der Waals surface area contributed by atoms with E-state index < -0.39 is 57.9 Å². The normalized spacial score (nSPS) is 35.7. The Bertz CT molecular complexity index is 699. The van der Waals surface area contributed by atoms with Crippen molar-refractivity contribution in [2.45, 2.75) is 42.1 Å². The van der Waals surface area contributed by atoms with E-state index in [1.807, 2.05) is 0 Å². The molecule has 0 amide bonds. The van der Waals surface area contributed by atoms with Gasteiger partial charge in [-0.2, -0.15) is 0 Å². The number of hydrogen-bond donors (Lipinski definition) is 5. The molecule has 0 spiro atoms. The molecule has 0 bridgehead atoms. The molecule has 2 aliphatic heterocycles. The number of nitrogens with zero attached hydrogens (tertiary/aromatic N) is 1. The maximum atomic E-state index is 10.9. The van der Waals surface area contributed by atoms with E-state index in [-0.39, 0.29) is 42.8 Å². The number of rotatable bonds is 6. The standard InChI is InChI=1S/C17H24NO9S.ClH/c19-5-14-15(23)12(21)7-28(14)8-13(22)16-11(20)6-26-17(27-16)9-2-1-3-10(4-9)18(24)25;/h1-4,11-17,19-23H,5-8H2;1H/q+1;/p-1/t11-,12-,13-,14-,15+,16+,17?,28?;/m1./s1. The van der Waals surface area contributed by atoms with Crippen LogP contribution in [0.2, 0.25) is 0 Å². The summed E-state index contributed by atoms with van der Waals surface area (Å²) >= 11 is 0. The quantitative estimate of drug-likeness (QED) is 0.162. The van der Waals surface area contributed by atoms with Crippen LogP contribution in [-0.2, 0) is 20.4 Å². The van der Waals surface area contributed by atoms with E-state index >= 15 is 0 Å². The Morgan fingerprint density at radius 3 is 2.66 bits per heavy atom. The van der Waals surface area contributed by atoms with Crippen LogP contribution in [0, 0.1) is 10.1 Å². The smallest absolute Gasteiger partial charge is 0.269 e. The molecular formula is C17H24ClNO9S. The Balaban J connectivity index is 0.00000300. The molecule has 0 aliphatic carbocycles. The fourth-order valence-electron chi connectivity index (χ4n) is 3.47. The number of aliphatic hydroxyl groups excluding tert-OH is 5. The van der Waals surface area contributed by atoms with Crippen molar-refractivity contribution in [3.05, 3.63) is 39.9 Å². The molecule has 2 heterocycles. The van der Waals surface area contributed by atoms with E-state index in [1.54, 1.807) is 6.07 Å². The number of nitro groups is 1. The first-order valence-electron chi connectivity index (χ1n) is 8.82. The van der Waals surface area contributed by atoms with E-state index in [1.165, 1.54) is 18.2 Å². The first kappa shape index (κ1) is 24.3. The lowest BCUT2D eigenvalue weighted by Crippen LogP contribution is -3.00. The molecule has 2 saturated heterocycles. The average molecular weight is 454 g/mol. The maximum absolute atomic E-state index is 10.9. The summed E-state index contributed by atoms with van der Waals surface area (Å²) in [7, 11) is -0.659. The van der Waals surface area contributed by atoms with E-state index in [2.05, 4.69) is 0 Å². The summed E-state index contributed by atoms with van der Waals surface area (Å²) in [6, 6.07) is 5.72. The zero-order valence-corrected chi connectivity index (χ0v) is 16.9. The van der Waals surface area contributed by atoms with E-state index in [9.17, 15) is 35.6 Å². The number of ether oxygens (including phenoxy) is 2. The van der Waals surface area contributed by atoms with Gasteiger partial charge >= 0.3 is 0 Å². The number of benzene rings is 1. The second kappa shape index (κ2) is 10.3. The number of aliphatic hydroxyl groups is 5. The van der Waals surface area contributed by atoms with Gasteiger partial charge in [0.2, 0.25) is 0 Å². The fraction of sp³-hybridized carbons (Fsp3) is 0.647. The molecule has 12 heteroatoms. The molecular weight excluding hydrogens is 430 g/mol. The number of halogens is 1. The summed E-state index contributed by atoms with van der Waals surface area (Å²) in [5, 5.41) is 60.4. The average Bonchev–Trinajstić information content (AvgIpc) is 2.94. The van der Waals surface area contributed by atoms with Crippen LogP contribution in [0.5, 0.6) is 0 Å². The van der Waals surface area contributed by atoms with Crippen LogP contribution in [0.4, 0.5) is 5.69 Å². The largest absolute Gasteiger partial charge is 1.00 e. The number of hydrogen-bond acceptors (Lipinski definition) is 9. The number of non-ortho nitro benzene ring substituents is 1. The molecule has 0 radical (unpaired) electrons. The second-order valence-corrected chi connectivity index (χ2v) is 9.25. The van der Waals surface area contributed by atoms with Gasteiger partial charge in [-0.15, -0.1) is 0 Å². The summed E-state index contributed by atoms with van der Waals surface area (Å²) in [5.74, 6) is 0.375. The summed E-state index contributed by atoms with van der Waals surface area (Å²) in [4.78, 5) is 10.4. The van der Waals surface area contributed by atoms with Crippen LogP contribution < -0.4 is 12.4 Å². The highest BCUT2D eigenvalue weighted by molar-refractivity contribution is 7.97. The van der Waals surface area contributed by atoms with Crippen LogP contribution >= 0.6 is 0 Å². The monoisotopic (exact) mass is 453 g/mol. The third-order valence-electron chi connectivity index (χ3n) is 4.96. The first-order valence-corrected chi connectivity index (χ1v) is 10.4. The first-order chi connectivity index (χ1) is 13.3. The molecule has 29 heavy (non-hydrogen) atoms. The van der Waals surface area contributed by atoms with E-state index in [4.69, 9.17) is 9.47 Å². The molecule has 2 aliphatic rings. The lowest BCUT2D eigenvalue weighted by molar-refractivity contribution is -0.385. The molecule has 1 aromatic carbocycles. The summed E-state index contributed by atoms with van der Waals surface area (Å²) < 4.78 is 11.1. The van der Waals surface area contributed by atoms with Gasteiger partial charge in [-0.25, -0.2) is 0 Å². The topological polar surface area (TPSA) is 163 Å². The molecule has 0 saturated carbocycles. The SMILES string of the molecule is O=[N+]([O-])c1cccc(C2OC[C@@H](O)[C@@H]([C@H](O)C[S+]3C[C@@H](O)[C@H](O)[C@H]3CO)O2)c1.[Cl-]. The molecule has 5 N–H and O–H groups in total. The lowest BCUT2D eigenvalue weighted by atomic mass is 10.1. The van der Waals surface area contributed by atoms with Crippen LogP contribution in [-0.4, -0.2) is 90.9 Å². The Kier molecular flexibility index (Phi) is 8.64. The third kappa shape index (κ3) is 5.37. The van der Waals surface area contributed by atoms with Gasteiger partial charge in [0.25, 0.3) is 5.69 Å². The van der Waals surface area contributed by atoms with E-state index in [0.29, 0.717) is 5.56 Å². The highest BCUT2D eigenvalue weighted by atomic mass is 35.5. The number of nitro benzene ring substituents is 1. The maximum Gasteiger partial charge on any atom is 0.269 e. The molecule has 3 rings (SSSR count). The van der Waals surface area contributed by atoms with Gasteiger partial charge in [-0.3, -0.25) is 10.1 Å². The minimum atomic E-state index is -1.13. The minimum absolute atomic E-state index is 0. The van der Waals surface area contributed by atoms with Crippen LogP contribution in [0.3, 0.4) is 0 Å². The highest BCUT2D eigenvalue weighted by Crippen LogP contribution is 2.31. The van der Waals surface area contributed by atoms with Gasteiger partial charge in [0.15, 0.2) is 11.5 Å². The zero-order valence-electron chi connectivity index (χ0n) is 15.3. The zero-order chi connectivity index (χ0) is 20.4.